The summed E-state index contributed by atoms with van der Waals surface area (Å²) in [6.07, 6.45) is 15.0. The van der Waals surface area contributed by atoms with Crippen LogP contribution in [0, 0.1) is 0 Å². The van der Waals surface area contributed by atoms with Gasteiger partial charge in [0.05, 0.1) is 11.6 Å². The summed E-state index contributed by atoms with van der Waals surface area (Å²) >= 11 is 0. The minimum atomic E-state index is -1.47. The lowest BCUT2D eigenvalue weighted by molar-refractivity contribution is 0.240. The molecule has 1 heterocycles. The average molecular weight is 423 g/mol. The predicted molar refractivity (Wildman–Crippen MR) is 128 cm³/mol. The summed E-state index contributed by atoms with van der Waals surface area (Å²) in [5.41, 5.74) is 1.07. The molecule has 0 unspecified atom stereocenters. The van der Waals surface area contributed by atoms with Crippen molar-refractivity contribution in [2.24, 2.45) is 0 Å². The molecule has 29 heavy (non-hydrogen) atoms. The Balaban J connectivity index is 2.10. The fourth-order valence-electron chi connectivity index (χ4n) is 4.08. The van der Waals surface area contributed by atoms with E-state index in [9.17, 15) is 4.79 Å². The molecule has 1 rings (SSSR count). The zero-order valence-corrected chi connectivity index (χ0v) is 20.6. The number of hydrogen-bond acceptors (Lipinski definition) is 2. The number of urea groups is 1. The number of hydrogen-bond donors (Lipinski definition) is 2. The largest absolute Gasteiger partial charge is 0.474 e. The van der Waals surface area contributed by atoms with Gasteiger partial charge in [-0.25, -0.2) is 4.79 Å². The van der Waals surface area contributed by atoms with E-state index in [1.165, 1.54) is 81.3 Å². The van der Waals surface area contributed by atoms with Crippen LogP contribution in [0.25, 0.3) is 0 Å². The van der Waals surface area contributed by atoms with E-state index in [1.807, 2.05) is 6.26 Å². The maximum atomic E-state index is 12.0. The number of unbranched alkanes of at least 4 members (excludes halogenated alkanes) is 9. The van der Waals surface area contributed by atoms with E-state index >= 15 is 0 Å². The van der Waals surface area contributed by atoms with Gasteiger partial charge in [0.25, 0.3) is 0 Å². The second-order valence-electron chi connectivity index (χ2n) is 8.45. The Kier molecular flexibility index (Phi) is 13.9. The van der Waals surface area contributed by atoms with Crippen molar-refractivity contribution < 1.29 is 9.21 Å². The molecule has 2 N–H and O–H groups in total. The van der Waals surface area contributed by atoms with E-state index in [0.29, 0.717) is 6.54 Å². The summed E-state index contributed by atoms with van der Waals surface area (Å²) in [4.78, 5) is 12.0. The molecule has 0 aliphatic carbocycles. The van der Waals surface area contributed by atoms with Gasteiger partial charge in [0, 0.05) is 18.7 Å². The lowest BCUT2D eigenvalue weighted by Gasteiger charge is -2.24. The molecule has 2 amide bonds. The number of nitrogens with one attached hydrogen (secondary N) is 2. The van der Waals surface area contributed by atoms with Gasteiger partial charge >= 0.3 is 6.03 Å². The first-order valence-electron chi connectivity index (χ1n) is 12.2. The average Bonchev–Trinajstić information content (AvgIpc) is 3.22. The van der Waals surface area contributed by atoms with E-state index in [1.54, 1.807) is 0 Å². The van der Waals surface area contributed by atoms with E-state index < -0.39 is 8.07 Å². The van der Waals surface area contributed by atoms with Crippen LogP contribution in [0.4, 0.5) is 4.79 Å². The highest BCUT2D eigenvalue weighted by molar-refractivity contribution is 6.90. The third kappa shape index (κ3) is 9.88. The van der Waals surface area contributed by atoms with Crippen molar-refractivity contribution in [2.75, 3.05) is 6.54 Å². The zero-order chi connectivity index (χ0) is 21.4. The Bertz CT molecular complexity index is 532. The van der Waals surface area contributed by atoms with E-state index in [2.05, 4.69) is 44.4 Å². The molecule has 0 aromatic carbocycles. The summed E-state index contributed by atoms with van der Waals surface area (Å²) in [5.74, 6) is 0. The molecule has 0 radical (unpaired) electrons. The van der Waals surface area contributed by atoms with Gasteiger partial charge in [-0.2, -0.15) is 0 Å². The topological polar surface area (TPSA) is 54.3 Å². The SMILES string of the molecule is CCCCCCCCCCCCNC(=O)NCc1coc([Si](CC)(CC)CC)c1. The highest BCUT2D eigenvalue weighted by Gasteiger charge is 2.32. The first kappa shape index (κ1) is 25.8. The Morgan fingerprint density at radius 2 is 1.38 bits per heavy atom. The normalized spacial score (nSPS) is 11.6. The fraction of sp³-hybridized carbons (Fsp3) is 0.792. The second kappa shape index (κ2) is 15.6. The van der Waals surface area contributed by atoms with Crippen LogP contribution in [0.2, 0.25) is 18.1 Å². The monoisotopic (exact) mass is 422 g/mol. The smallest absolute Gasteiger partial charge is 0.315 e. The maximum Gasteiger partial charge on any atom is 0.315 e. The molecule has 0 aliphatic heterocycles. The van der Waals surface area contributed by atoms with Crippen LogP contribution in [0.1, 0.15) is 97.5 Å². The van der Waals surface area contributed by atoms with Gasteiger partial charge in [0.1, 0.15) is 8.07 Å². The van der Waals surface area contributed by atoms with Crippen molar-refractivity contribution in [3.8, 4) is 0 Å². The Morgan fingerprint density at radius 1 is 0.828 bits per heavy atom. The van der Waals surface area contributed by atoms with Crippen LogP contribution in [0.5, 0.6) is 0 Å². The third-order valence-electron chi connectivity index (χ3n) is 6.48. The third-order valence-corrected chi connectivity index (χ3v) is 11.8. The lowest BCUT2D eigenvalue weighted by atomic mass is 10.1. The second-order valence-corrected chi connectivity index (χ2v) is 13.6. The quantitative estimate of drug-likeness (QED) is 0.216. The molecular weight excluding hydrogens is 376 g/mol. The molecule has 0 spiro atoms. The highest BCUT2D eigenvalue weighted by atomic mass is 28.3. The molecule has 0 bridgehead atoms. The Hall–Kier alpha value is -1.23. The number of carbonyl (C=O) groups is 1. The highest BCUT2D eigenvalue weighted by Crippen LogP contribution is 2.21. The summed E-state index contributed by atoms with van der Waals surface area (Å²) in [6, 6.07) is 5.72. The molecule has 0 fully saturated rings. The van der Waals surface area contributed by atoms with Crippen molar-refractivity contribution in [2.45, 2.75) is 117 Å². The number of furan rings is 1. The van der Waals surface area contributed by atoms with Crippen molar-refractivity contribution in [1.29, 1.82) is 0 Å². The molecule has 1 aromatic rings. The van der Waals surface area contributed by atoms with Crippen molar-refractivity contribution in [3.63, 3.8) is 0 Å². The van der Waals surface area contributed by atoms with Gasteiger partial charge in [0.15, 0.2) is 0 Å². The van der Waals surface area contributed by atoms with Gasteiger partial charge in [-0.3, -0.25) is 0 Å². The summed E-state index contributed by atoms with van der Waals surface area (Å²) in [7, 11) is -1.47. The lowest BCUT2D eigenvalue weighted by Crippen LogP contribution is -2.44. The molecule has 1 aromatic heterocycles. The molecule has 0 saturated carbocycles. The van der Waals surface area contributed by atoms with Crippen molar-refractivity contribution in [3.05, 3.63) is 17.9 Å². The molecule has 4 nitrogen and oxygen atoms in total. The van der Waals surface area contributed by atoms with E-state index in [4.69, 9.17) is 4.42 Å². The summed E-state index contributed by atoms with van der Waals surface area (Å²) in [6.45, 7) is 10.4. The van der Waals surface area contributed by atoms with Gasteiger partial charge in [-0.15, -0.1) is 0 Å². The Morgan fingerprint density at radius 3 is 1.93 bits per heavy atom. The fourth-order valence-corrected chi connectivity index (χ4v) is 7.42. The van der Waals surface area contributed by atoms with Crippen LogP contribution in [0.15, 0.2) is 16.7 Å². The Labute approximate surface area is 180 Å². The summed E-state index contributed by atoms with van der Waals surface area (Å²) < 4.78 is 5.90. The molecule has 5 heteroatoms. The molecule has 0 aliphatic rings. The first-order valence-corrected chi connectivity index (χ1v) is 14.8. The first-order chi connectivity index (χ1) is 14.1. The number of carbonyl (C=O) groups excluding carboxylic acids is 1. The van der Waals surface area contributed by atoms with Crippen LogP contribution in [-0.4, -0.2) is 20.6 Å². The molecular formula is C24H46N2O2Si. The van der Waals surface area contributed by atoms with Crippen LogP contribution < -0.4 is 16.0 Å². The minimum Gasteiger partial charge on any atom is -0.474 e. The van der Waals surface area contributed by atoms with Crippen LogP contribution >= 0.6 is 0 Å². The zero-order valence-electron chi connectivity index (χ0n) is 19.6. The minimum absolute atomic E-state index is 0.0753. The maximum absolute atomic E-state index is 12.0. The van der Waals surface area contributed by atoms with E-state index in [-0.39, 0.29) is 6.03 Å². The van der Waals surface area contributed by atoms with E-state index in [0.717, 1.165) is 18.5 Å². The van der Waals surface area contributed by atoms with Crippen LogP contribution in [-0.2, 0) is 6.54 Å². The van der Waals surface area contributed by atoms with Crippen molar-refractivity contribution in [1.82, 2.24) is 10.6 Å². The van der Waals surface area contributed by atoms with Crippen molar-refractivity contribution >= 4 is 19.5 Å². The summed E-state index contributed by atoms with van der Waals surface area (Å²) in [5, 5.41) is 7.12. The predicted octanol–water partition coefficient (Wildman–Crippen LogP) is 6.72. The number of rotatable bonds is 17. The molecule has 0 saturated heterocycles. The molecule has 0 atom stereocenters. The van der Waals surface area contributed by atoms with Crippen LogP contribution in [0.3, 0.4) is 0 Å². The standard InChI is InChI=1S/C24H46N2O2Si/c1-5-9-10-11-12-13-14-15-16-17-18-25-24(27)26-20-22-19-23(28-21-22)29(6-2,7-3)8-4/h19,21H,5-18,20H2,1-4H3,(H2,25,26,27). The number of amides is 2. The van der Waals surface area contributed by atoms with Gasteiger partial charge in [-0.05, 0) is 12.5 Å². The van der Waals surface area contributed by atoms with Gasteiger partial charge < -0.3 is 15.1 Å². The van der Waals surface area contributed by atoms with Gasteiger partial charge in [-0.1, -0.05) is 104 Å². The van der Waals surface area contributed by atoms with Gasteiger partial charge in [0.2, 0.25) is 0 Å². The molecule has 168 valence electrons.